The summed E-state index contributed by atoms with van der Waals surface area (Å²) in [7, 11) is 3.22. The molecule has 4 rings (SSSR count). The minimum atomic E-state index is -0.397. The molecule has 4 heteroatoms. The van der Waals surface area contributed by atoms with Crippen LogP contribution in [0.3, 0.4) is 0 Å². The van der Waals surface area contributed by atoms with Gasteiger partial charge >= 0.3 is 5.97 Å². The van der Waals surface area contributed by atoms with Crippen molar-refractivity contribution >= 4 is 17.1 Å². The Hall–Kier alpha value is -4.31. The molecule has 0 fully saturated rings. The van der Waals surface area contributed by atoms with E-state index in [0.717, 1.165) is 39.1 Å². The molecule has 0 atom stereocenters. The molecule has 0 aliphatic carbocycles. The molecule has 0 radical (unpaired) electrons. The molecule has 4 aromatic carbocycles. The second kappa shape index (κ2) is 10.5. The predicted octanol–water partition coefficient (Wildman–Crippen LogP) is 6.64. The molecule has 170 valence electrons. The Morgan fingerprint density at radius 3 is 1.56 bits per heavy atom. The van der Waals surface area contributed by atoms with E-state index in [9.17, 15) is 4.79 Å². The van der Waals surface area contributed by atoms with Crippen LogP contribution < -0.4 is 14.2 Å². The maximum Gasteiger partial charge on any atom is 0.308 e. The number of rotatable bonds is 7. The second-order valence-electron chi connectivity index (χ2n) is 7.67. The zero-order valence-corrected chi connectivity index (χ0v) is 19.4. The number of hydrogen-bond donors (Lipinski definition) is 0. The van der Waals surface area contributed by atoms with E-state index in [-0.39, 0.29) is 0 Å². The van der Waals surface area contributed by atoms with Gasteiger partial charge in [0.1, 0.15) is 5.75 Å². The largest absolute Gasteiger partial charge is 0.497 e. The Morgan fingerprint density at radius 2 is 1.06 bits per heavy atom. The van der Waals surface area contributed by atoms with E-state index in [1.54, 1.807) is 20.3 Å². The average Bonchev–Trinajstić information content (AvgIpc) is 2.88. The molecule has 0 aromatic heterocycles. The van der Waals surface area contributed by atoms with Crippen LogP contribution in [0.15, 0.2) is 103 Å². The van der Waals surface area contributed by atoms with Gasteiger partial charge in [-0.05, 0) is 57.7 Å². The Balaban J connectivity index is 2.04. The van der Waals surface area contributed by atoms with Crippen molar-refractivity contribution in [2.45, 2.75) is 6.92 Å². The normalized spacial score (nSPS) is 10.3. The van der Waals surface area contributed by atoms with Crippen LogP contribution in [-0.2, 0) is 4.79 Å². The number of carbonyl (C=O) groups is 1. The molecule has 4 aromatic rings. The standard InChI is InChI=1S/C30H26O4/c1-21(31)34-27-19-16-25(20-28(27)33-3)30(24-14-17-26(32-2)18-15-24)29(22-10-6-4-7-11-22)23-12-8-5-9-13-23/h4-20H,1-3H3. The Morgan fingerprint density at radius 1 is 0.559 bits per heavy atom. The van der Waals surface area contributed by atoms with Gasteiger partial charge in [-0.15, -0.1) is 0 Å². The lowest BCUT2D eigenvalue weighted by molar-refractivity contribution is -0.132. The van der Waals surface area contributed by atoms with Crippen molar-refractivity contribution in [3.05, 3.63) is 125 Å². The monoisotopic (exact) mass is 450 g/mol. The molecule has 0 N–H and O–H groups in total. The van der Waals surface area contributed by atoms with Gasteiger partial charge in [-0.1, -0.05) is 78.9 Å². The van der Waals surface area contributed by atoms with E-state index < -0.39 is 5.97 Å². The molecule has 0 saturated carbocycles. The van der Waals surface area contributed by atoms with Gasteiger partial charge in [0.25, 0.3) is 0 Å². The first-order chi connectivity index (χ1) is 16.6. The summed E-state index contributed by atoms with van der Waals surface area (Å²) < 4.78 is 16.3. The minimum absolute atomic E-state index is 0.383. The fourth-order valence-corrected chi connectivity index (χ4v) is 3.94. The highest BCUT2D eigenvalue weighted by molar-refractivity contribution is 6.04. The van der Waals surface area contributed by atoms with E-state index in [1.165, 1.54) is 6.92 Å². The van der Waals surface area contributed by atoms with Gasteiger partial charge in [-0.2, -0.15) is 0 Å². The fourth-order valence-electron chi connectivity index (χ4n) is 3.94. The van der Waals surface area contributed by atoms with Crippen LogP contribution in [-0.4, -0.2) is 20.2 Å². The van der Waals surface area contributed by atoms with Gasteiger partial charge in [0.2, 0.25) is 0 Å². The molecule has 4 nitrogen and oxygen atoms in total. The molecular weight excluding hydrogens is 424 g/mol. The average molecular weight is 451 g/mol. The summed E-state index contributed by atoms with van der Waals surface area (Å²) in [5.41, 5.74) is 6.22. The van der Waals surface area contributed by atoms with Crippen molar-refractivity contribution in [2.24, 2.45) is 0 Å². The van der Waals surface area contributed by atoms with Crippen LogP contribution in [0.25, 0.3) is 11.1 Å². The summed E-state index contributed by atoms with van der Waals surface area (Å²) in [6.07, 6.45) is 0. The smallest absolute Gasteiger partial charge is 0.308 e. The Labute approximate surface area is 200 Å². The zero-order chi connectivity index (χ0) is 23.9. The van der Waals surface area contributed by atoms with Crippen LogP contribution in [0.5, 0.6) is 17.2 Å². The third kappa shape index (κ3) is 5.02. The van der Waals surface area contributed by atoms with E-state index in [4.69, 9.17) is 14.2 Å². The van der Waals surface area contributed by atoms with Crippen molar-refractivity contribution in [3.63, 3.8) is 0 Å². The van der Waals surface area contributed by atoms with Crippen molar-refractivity contribution in [1.82, 2.24) is 0 Å². The van der Waals surface area contributed by atoms with Crippen molar-refractivity contribution in [2.75, 3.05) is 14.2 Å². The first-order valence-corrected chi connectivity index (χ1v) is 11.0. The summed E-state index contributed by atoms with van der Waals surface area (Å²) >= 11 is 0. The van der Waals surface area contributed by atoms with Crippen LogP contribution in [0.2, 0.25) is 0 Å². The van der Waals surface area contributed by atoms with Crippen molar-refractivity contribution in [1.29, 1.82) is 0 Å². The maximum atomic E-state index is 11.6. The molecule has 0 bridgehead atoms. The summed E-state index contributed by atoms with van der Waals surface area (Å²) in [4.78, 5) is 11.6. The highest BCUT2D eigenvalue weighted by Crippen LogP contribution is 2.40. The lowest BCUT2D eigenvalue weighted by Crippen LogP contribution is -2.04. The molecule has 0 heterocycles. The summed E-state index contributed by atoms with van der Waals surface area (Å²) in [6.45, 7) is 1.37. The second-order valence-corrected chi connectivity index (χ2v) is 7.67. The molecule has 0 amide bonds. The lowest BCUT2D eigenvalue weighted by atomic mass is 9.85. The third-order valence-electron chi connectivity index (χ3n) is 5.46. The van der Waals surface area contributed by atoms with Crippen LogP contribution in [0, 0.1) is 0 Å². The minimum Gasteiger partial charge on any atom is -0.497 e. The quantitative estimate of drug-likeness (QED) is 0.180. The molecule has 34 heavy (non-hydrogen) atoms. The van der Waals surface area contributed by atoms with E-state index in [0.29, 0.717) is 11.5 Å². The summed E-state index contributed by atoms with van der Waals surface area (Å²) in [5, 5.41) is 0. The number of ether oxygens (including phenoxy) is 3. The first-order valence-electron chi connectivity index (χ1n) is 11.0. The number of carbonyl (C=O) groups excluding carboxylic acids is 1. The van der Waals surface area contributed by atoms with Gasteiger partial charge in [-0.25, -0.2) is 0 Å². The first kappa shape index (κ1) is 22.9. The van der Waals surface area contributed by atoms with Gasteiger partial charge < -0.3 is 14.2 Å². The van der Waals surface area contributed by atoms with E-state index in [1.807, 2.05) is 72.8 Å². The third-order valence-corrected chi connectivity index (χ3v) is 5.46. The van der Waals surface area contributed by atoms with E-state index in [2.05, 4.69) is 24.3 Å². The molecule has 0 aliphatic rings. The number of benzene rings is 4. The van der Waals surface area contributed by atoms with Crippen molar-refractivity contribution < 1.29 is 19.0 Å². The predicted molar refractivity (Wildman–Crippen MR) is 135 cm³/mol. The van der Waals surface area contributed by atoms with Crippen LogP contribution >= 0.6 is 0 Å². The molecule has 0 aliphatic heterocycles. The topological polar surface area (TPSA) is 44.8 Å². The van der Waals surface area contributed by atoms with Crippen LogP contribution in [0.4, 0.5) is 0 Å². The van der Waals surface area contributed by atoms with Crippen LogP contribution in [0.1, 0.15) is 29.2 Å². The number of esters is 1. The Bertz CT molecular complexity index is 1250. The highest BCUT2D eigenvalue weighted by Gasteiger charge is 2.18. The van der Waals surface area contributed by atoms with Gasteiger partial charge in [0, 0.05) is 6.92 Å². The SMILES string of the molecule is COc1ccc(C(=C(c2ccccc2)c2ccccc2)c2ccc(OC(C)=O)c(OC)c2)cc1. The van der Waals surface area contributed by atoms with E-state index >= 15 is 0 Å². The van der Waals surface area contributed by atoms with Gasteiger partial charge in [0.05, 0.1) is 14.2 Å². The fraction of sp³-hybridized carbons (Fsp3) is 0.100. The van der Waals surface area contributed by atoms with Gasteiger partial charge in [-0.3, -0.25) is 4.79 Å². The number of methoxy groups -OCH3 is 2. The molecule has 0 saturated heterocycles. The summed E-state index contributed by atoms with van der Waals surface area (Å²) in [6, 6.07) is 34.2. The molecule has 0 unspecified atom stereocenters. The Kier molecular flexibility index (Phi) is 7.09. The van der Waals surface area contributed by atoms with Crippen molar-refractivity contribution in [3.8, 4) is 17.2 Å². The maximum absolute atomic E-state index is 11.6. The molecular formula is C30H26O4. The zero-order valence-electron chi connectivity index (χ0n) is 19.4. The number of hydrogen-bond acceptors (Lipinski definition) is 4. The summed E-state index contributed by atoms with van der Waals surface area (Å²) in [5.74, 6) is 1.26. The highest BCUT2D eigenvalue weighted by atomic mass is 16.6. The molecule has 0 spiro atoms. The van der Waals surface area contributed by atoms with Gasteiger partial charge in [0.15, 0.2) is 11.5 Å². The lowest BCUT2D eigenvalue weighted by Gasteiger charge is -2.19.